The highest BCUT2D eigenvalue weighted by Gasteiger charge is 2.34. The van der Waals surface area contributed by atoms with Gasteiger partial charge in [0.2, 0.25) is 15.9 Å². The molecule has 1 amide bonds. The van der Waals surface area contributed by atoms with E-state index in [9.17, 15) is 13.2 Å². The van der Waals surface area contributed by atoms with Gasteiger partial charge in [-0.25, -0.2) is 8.42 Å². The molecule has 6 nitrogen and oxygen atoms in total. The maximum absolute atomic E-state index is 13.1. The lowest BCUT2D eigenvalue weighted by atomic mass is 10.0. The SMILES string of the molecule is CCc1ccc([C@H](C)NC(=O)[C@@H](CC)N(c2cc(Cl)ccc2OC)S(C)(=O)=O)cc1. The fourth-order valence-corrected chi connectivity index (χ4v) is 4.68. The Morgan fingerprint density at radius 2 is 1.80 bits per heavy atom. The summed E-state index contributed by atoms with van der Waals surface area (Å²) >= 11 is 6.11. The number of carbonyl (C=O) groups excluding carboxylic acids is 1. The van der Waals surface area contributed by atoms with Gasteiger partial charge in [0.1, 0.15) is 11.8 Å². The Balaban J connectivity index is 2.37. The third-order valence-electron chi connectivity index (χ3n) is 4.95. The summed E-state index contributed by atoms with van der Waals surface area (Å²) in [5, 5.41) is 3.29. The van der Waals surface area contributed by atoms with Crippen LogP contribution in [0.15, 0.2) is 42.5 Å². The second-order valence-electron chi connectivity index (χ2n) is 7.12. The van der Waals surface area contributed by atoms with Gasteiger partial charge in [0.15, 0.2) is 0 Å². The summed E-state index contributed by atoms with van der Waals surface area (Å²) in [6.45, 7) is 5.71. The van der Waals surface area contributed by atoms with Crippen LogP contribution in [-0.4, -0.2) is 33.7 Å². The lowest BCUT2D eigenvalue weighted by molar-refractivity contribution is -0.122. The molecular weight excluding hydrogens is 424 g/mol. The Morgan fingerprint density at radius 3 is 2.30 bits per heavy atom. The number of hydrogen-bond donors (Lipinski definition) is 1. The highest BCUT2D eigenvalue weighted by atomic mass is 35.5. The van der Waals surface area contributed by atoms with Crippen LogP contribution < -0.4 is 14.4 Å². The van der Waals surface area contributed by atoms with E-state index in [1.165, 1.54) is 18.7 Å². The van der Waals surface area contributed by atoms with E-state index in [2.05, 4.69) is 12.2 Å². The second kappa shape index (κ2) is 10.2. The molecule has 1 N–H and O–H groups in total. The molecule has 164 valence electrons. The lowest BCUT2D eigenvalue weighted by Crippen LogP contribution is -2.49. The zero-order chi connectivity index (χ0) is 22.5. The minimum absolute atomic E-state index is 0.231. The van der Waals surface area contributed by atoms with Gasteiger partial charge in [-0.2, -0.15) is 0 Å². The molecule has 0 fully saturated rings. The van der Waals surface area contributed by atoms with E-state index in [0.717, 1.165) is 22.5 Å². The number of halogens is 1. The third-order valence-corrected chi connectivity index (χ3v) is 6.36. The number of rotatable bonds is 9. The molecule has 2 atom stereocenters. The average Bonchev–Trinajstić information content (AvgIpc) is 2.70. The predicted molar refractivity (Wildman–Crippen MR) is 122 cm³/mol. The first-order chi connectivity index (χ1) is 14.1. The van der Waals surface area contributed by atoms with Crippen LogP contribution in [0.25, 0.3) is 0 Å². The summed E-state index contributed by atoms with van der Waals surface area (Å²) in [6, 6.07) is 11.4. The smallest absolute Gasteiger partial charge is 0.244 e. The first-order valence-electron chi connectivity index (χ1n) is 9.84. The summed E-state index contributed by atoms with van der Waals surface area (Å²) in [6.07, 6.45) is 2.27. The van der Waals surface area contributed by atoms with Crippen LogP contribution in [0.4, 0.5) is 5.69 Å². The van der Waals surface area contributed by atoms with Gasteiger partial charge < -0.3 is 10.1 Å². The van der Waals surface area contributed by atoms with Crippen molar-refractivity contribution in [2.75, 3.05) is 17.7 Å². The van der Waals surface area contributed by atoms with E-state index in [4.69, 9.17) is 16.3 Å². The van der Waals surface area contributed by atoms with Crippen molar-refractivity contribution in [2.45, 2.75) is 45.7 Å². The highest BCUT2D eigenvalue weighted by Crippen LogP contribution is 2.35. The first kappa shape index (κ1) is 24.0. The largest absolute Gasteiger partial charge is 0.495 e. The second-order valence-corrected chi connectivity index (χ2v) is 9.42. The highest BCUT2D eigenvalue weighted by molar-refractivity contribution is 7.92. The molecule has 0 aliphatic heterocycles. The van der Waals surface area contributed by atoms with Crippen molar-refractivity contribution in [3.63, 3.8) is 0 Å². The van der Waals surface area contributed by atoms with Gasteiger partial charge in [-0.05, 0) is 49.1 Å². The number of sulfonamides is 1. The minimum Gasteiger partial charge on any atom is -0.495 e. The van der Waals surface area contributed by atoms with Crippen LogP contribution in [0.1, 0.15) is 44.4 Å². The fourth-order valence-electron chi connectivity index (χ4n) is 3.31. The van der Waals surface area contributed by atoms with Crippen LogP contribution in [0.5, 0.6) is 5.75 Å². The van der Waals surface area contributed by atoms with Gasteiger partial charge >= 0.3 is 0 Å². The summed E-state index contributed by atoms with van der Waals surface area (Å²) in [5.74, 6) is -0.0729. The molecule has 30 heavy (non-hydrogen) atoms. The van der Waals surface area contributed by atoms with Crippen LogP contribution in [0.3, 0.4) is 0 Å². The number of hydrogen-bond acceptors (Lipinski definition) is 4. The minimum atomic E-state index is -3.80. The zero-order valence-electron chi connectivity index (χ0n) is 18.0. The van der Waals surface area contributed by atoms with Crippen LogP contribution in [0.2, 0.25) is 5.02 Å². The van der Waals surface area contributed by atoms with E-state index in [1.54, 1.807) is 19.1 Å². The first-order valence-corrected chi connectivity index (χ1v) is 12.1. The topological polar surface area (TPSA) is 75.7 Å². The Labute approximate surface area is 184 Å². The molecule has 2 rings (SSSR count). The molecule has 2 aromatic rings. The lowest BCUT2D eigenvalue weighted by Gasteiger charge is -2.32. The molecule has 0 aromatic heterocycles. The fraction of sp³-hybridized carbons (Fsp3) is 0.409. The Hall–Kier alpha value is -2.25. The number of carbonyl (C=O) groups is 1. The van der Waals surface area contributed by atoms with E-state index in [-0.39, 0.29) is 18.2 Å². The van der Waals surface area contributed by atoms with Crippen LogP contribution in [-0.2, 0) is 21.2 Å². The molecule has 8 heteroatoms. The van der Waals surface area contributed by atoms with Gasteiger partial charge in [-0.1, -0.05) is 49.7 Å². The van der Waals surface area contributed by atoms with Gasteiger partial charge in [0, 0.05) is 5.02 Å². The molecule has 0 aliphatic rings. The number of nitrogens with one attached hydrogen (secondary N) is 1. The molecule has 0 spiro atoms. The number of benzene rings is 2. The Bertz CT molecular complexity index is 977. The average molecular weight is 453 g/mol. The van der Waals surface area contributed by atoms with E-state index >= 15 is 0 Å². The summed E-state index contributed by atoms with van der Waals surface area (Å²) in [5.41, 5.74) is 2.39. The summed E-state index contributed by atoms with van der Waals surface area (Å²) in [4.78, 5) is 13.1. The number of methoxy groups -OCH3 is 1. The molecule has 0 unspecified atom stereocenters. The summed E-state index contributed by atoms with van der Waals surface area (Å²) < 4.78 is 31.8. The van der Waals surface area contributed by atoms with Crippen molar-refractivity contribution < 1.29 is 17.9 Å². The maximum atomic E-state index is 13.1. The number of aryl methyl sites for hydroxylation is 1. The molecule has 0 radical (unpaired) electrons. The molecule has 0 saturated heterocycles. The van der Waals surface area contributed by atoms with Crippen molar-refractivity contribution in [1.29, 1.82) is 0 Å². The molecule has 0 aliphatic carbocycles. The van der Waals surface area contributed by atoms with Crippen molar-refractivity contribution in [3.8, 4) is 5.75 Å². The van der Waals surface area contributed by atoms with Crippen molar-refractivity contribution in [2.24, 2.45) is 0 Å². The maximum Gasteiger partial charge on any atom is 0.244 e. The van der Waals surface area contributed by atoms with E-state index in [0.29, 0.717) is 10.8 Å². The third kappa shape index (κ3) is 5.67. The van der Waals surface area contributed by atoms with E-state index < -0.39 is 22.0 Å². The summed E-state index contributed by atoms with van der Waals surface area (Å²) in [7, 11) is -2.36. The van der Waals surface area contributed by atoms with Crippen molar-refractivity contribution >= 4 is 33.2 Å². The Kier molecular flexibility index (Phi) is 8.15. The number of ether oxygens (including phenoxy) is 1. The van der Waals surface area contributed by atoms with Gasteiger partial charge in [-0.15, -0.1) is 0 Å². The zero-order valence-corrected chi connectivity index (χ0v) is 19.5. The number of anilines is 1. The normalized spacial score (nSPS) is 13.4. The molecule has 0 heterocycles. The quantitative estimate of drug-likeness (QED) is 0.614. The van der Waals surface area contributed by atoms with Crippen molar-refractivity contribution in [3.05, 3.63) is 58.6 Å². The number of amides is 1. The Morgan fingerprint density at radius 1 is 1.17 bits per heavy atom. The molecule has 0 saturated carbocycles. The molecule has 2 aromatic carbocycles. The predicted octanol–water partition coefficient (Wildman–Crippen LogP) is 4.33. The molecule has 0 bridgehead atoms. The van der Waals surface area contributed by atoms with Gasteiger partial charge in [-0.3, -0.25) is 9.10 Å². The van der Waals surface area contributed by atoms with Crippen LogP contribution in [0, 0.1) is 0 Å². The van der Waals surface area contributed by atoms with Gasteiger partial charge in [0.25, 0.3) is 0 Å². The van der Waals surface area contributed by atoms with E-state index in [1.807, 2.05) is 31.2 Å². The molecular formula is C22H29ClN2O4S. The number of nitrogens with zero attached hydrogens (tertiary/aromatic N) is 1. The standard InChI is InChI=1S/C22H29ClN2O4S/c1-6-16-8-10-17(11-9-16)15(3)24-22(26)19(7-2)25(30(5,27)28)20-14-18(23)12-13-21(20)29-4/h8-15,19H,6-7H2,1-5H3,(H,24,26)/t15-,19+/m0/s1. The van der Waals surface area contributed by atoms with Crippen molar-refractivity contribution in [1.82, 2.24) is 5.32 Å². The van der Waals surface area contributed by atoms with Gasteiger partial charge in [0.05, 0.1) is 25.1 Å². The monoisotopic (exact) mass is 452 g/mol. The van der Waals surface area contributed by atoms with Crippen LogP contribution >= 0.6 is 11.6 Å².